The number of benzene rings is 2. The number of hydrogen-bond donors (Lipinski definition) is 2. The Bertz CT molecular complexity index is 583. The largest absolute Gasteiger partial charge is 0.399 e. The summed E-state index contributed by atoms with van der Waals surface area (Å²) < 4.78 is 0. The van der Waals surface area contributed by atoms with Crippen LogP contribution in [0.5, 0.6) is 0 Å². The minimum Gasteiger partial charge on any atom is -0.399 e. The Balaban J connectivity index is 1.47. The summed E-state index contributed by atoms with van der Waals surface area (Å²) in [6.07, 6.45) is 1.09. The maximum atomic E-state index is 5.75. The molecule has 0 aliphatic carbocycles. The summed E-state index contributed by atoms with van der Waals surface area (Å²) in [5, 5.41) is 0. The molecule has 1 aliphatic rings. The van der Waals surface area contributed by atoms with Gasteiger partial charge in [-0.2, -0.15) is 0 Å². The first kappa shape index (κ1) is 14.7. The highest BCUT2D eigenvalue weighted by atomic mass is 15.3. The van der Waals surface area contributed by atoms with E-state index in [1.54, 1.807) is 0 Å². The summed E-state index contributed by atoms with van der Waals surface area (Å²) in [5.74, 6) is 0. The van der Waals surface area contributed by atoms with Gasteiger partial charge in [0.05, 0.1) is 0 Å². The van der Waals surface area contributed by atoms with Gasteiger partial charge >= 0.3 is 0 Å². The van der Waals surface area contributed by atoms with E-state index in [1.165, 1.54) is 11.3 Å². The van der Waals surface area contributed by atoms with Gasteiger partial charge in [0.2, 0.25) is 0 Å². The van der Waals surface area contributed by atoms with Crippen molar-refractivity contribution in [3.63, 3.8) is 0 Å². The molecular weight excluding hydrogens is 272 g/mol. The third-order valence-electron chi connectivity index (χ3n) is 4.33. The number of hydrogen-bond acceptors (Lipinski definition) is 4. The molecule has 4 nitrogen and oxygen atoms in total. The topological polar surface area (TPSA) is 58.5 Å². The number of piperazine rings is 1. The first-order valence-electron chi connectivity index (χ1n) is 7.88. The summed E-state index contributed by atoms with van der Waals surface area (Å²) in [7, 11) is 0. The van der Waals surface area contributed by atoms with E-state index in [0.29, 0.717) is 0 Å². The molecule has 0 spiro atoms. The first-order valence-corrected chi connectivity index (χ1v) is 7.88. The lowest BCUT2D eigenvalue weighted by Crippen LogP contribution is -2.47. The first-order chi connectivity index (χ1) is 10.7. The minimum absolute atomic E-state index is 0.825. The Morgan fingerprint density at radius 3 is 1.86 bits per heavy atom. The lowest BCUT2D eigenvalue weighted by atomic mass is 10.1. The molecular formula is C18H24N4. The van der Waals surface area contributed by atoms with Crippen molar-refractivity contribution in [2.75, 3.05) is 49.1 Å². The molecule has 1 aliphatic heterocycles. The molecule has 1 saturated heterocycles. The minimum atomic E-state index is 0.825. The average Bonchev–Trinajstić information content (AvgIpc) is 2.56. The predicted molar refractivity (Wildman–Crippen MR) is 94.1 cm³/mol. The van der Waals surface area contributed by atoms with Crippen LogP contribution < -0.4 is 16.4 Å². The fourth-order valence-corrected chi connectivity index (χ4v) is 2.89. The van der Waals surface area contributed by atoms with Crippen molar-refractivity contribution in [3.8, 4) is 0 Å². The van der Waals surface area contributed by atoms with Gasteiger partial charge in [-0.3, -0.25) is 4.90 Å². The van der Waals surface area contributed by atoms with Gasteiger partial charge in [-0.1, -0.05) is 12.1 Å². The maximum absolute atomic E-state index is 5.75. The van der Waals surface area contributed by atoms with Crippen molar-refractivity contribution in [2.45, 2.75) is 6.42 Å². The lowest BCUT2D eigenvalue weighted by Gasteiger charge is -2.36. The second-order valence-electron chi connectivity index (χ2n) is 5.91. The molecule has 0 amide bonds. The van der Waals surface area contributed by atoms with Crippen LogP contribution in [0.4, 0.5) is 17.1 Å². The Hall–Kier alpha value is -2.20. The fraction of sp³-hybridized carbons (Fsp3) is 0.333. The van der Waals surface area contributed by atoms with E-state index >= 15 is 0 Å². The molecule has 4 heteroatoms. The summed E-state index contributed by atoms with van der Waals surface area (Å²) in [5.41, 5.74) is 15.8. The zero-order valence-electron chi connectivity index (χ0n) is 12.9. The molecule has 0 aromatic heterocycles. The van der Waals surface area contributed by atoms with Crippen LogP contribution in [0, 0.1) is 0 Å². The summed E-state index contributed by atoms with van der Waals surface area (Å²) >= 11 is 0. The highest BCUT2D eigenvalue weighted by Crippen LogP contribution is 2.18. The van der Waals surface area contributed by atoms with E-state index in [9.17, 15) is 0 Å². The van der Waals surface area contributed by atoms with E-state index in [4.69, 9.17) is 11.5 Å². The van der Waals surface area contributed by atoms with Crippen molar-refractivity contribution >= 4 is 17.1 Å². The molecule has 0 saturated carbocycles. The summed E-state index contributed by atoms with van der Waals surface area (Å²) in [6, 6.07) is 16.4. The summed E-state index contributed by atoms with van der Waals surface area (Å²) in [4.78, 5) is 4.96. The third-order valence-corrected chi connectivity index (χ3v) is 4.33. The fourth-order valence-electron chi connectivity index (χ4n) is 2.89. The van der Waals surface area contributed by atoms with E-state index in [1.807, 2.05) is 24.3 Å². The van der Waals surface area contributed by atoms with Crippen LogP contribution in [0.1, 0.15) is 5.56 Å². The molecule has 3 rings (SSSR count). The maximum Gasteiger partial charge on any atom is 0.0368 e. The van der Waals surface area contributed by atoms with Gasteiger partial charge in [0.1, 0.15) is 0 Å². The zero-order valence-corrected chi connectivity index (χ0v) is 12.9. The lowest BCUT2D eigenvalue weighted by molar-refractivity contribution is 0.261. The average molecular weight is 296 g/mol. The van der Waals surface area contributed by atoms with E-state index in [-0.39, 0.29) is 0 Å². The summed E-state index contributed by atoms with van der Waals surface area (Å²) in [6.45, 7) is 5.48. The van der Waals surface area contributed by atoms with Crippen molar-refractivity contribution in [1.82, 2.24) is 4.90 Å². The quantitative estimate of drug-likeness (QED) is 0.849. The van der Waals surface area contributed by atoms with E-state index in [0.717, 1.165) is 50.5 Å². The highest BCUT2D eigenvalue weighted by molar-refractivity contribution is 5.53. The van der Waals surface area contributed by atoms with Gasteiger partial charge in [-0.05, 0) is 48.4 Å². The van der Waals surface area contributed by atoms with Gasteiger partial charge < -0.3 is 16.4 Å². The normalized spacial score (nSPS) is 15.9. The van der Waals surface area contributed by atoms with Crippen LogP contribution in [0.15, 0.2) is 48.5 Å². The van der Waals surface area contributed by atoms with Crippen LogP contribution in [0.25, 0.3) is 0 Å². The molecule has 2 aromatic carbocycles. The second kappa shape index (κ2) is 6.71. The highest BCUT2D eigenvalue weighted by Gasteiger charge is 2.16. The van der Waals surface area contributed by atoms with Crippen LogP contribution in [-0.4, -0.2) is 37.6 Å². The zero-order chi connectivity index (χ0) is 15.4. The molecule has 0 radical (unpaired) electrons. The van der Waals surface area contributed by atoms with Gasteiger partial charge in [-0.25, -0.2) is 0 Å². The van der Waals surface area contributed by atoms with Crippen LogP contribution in [0.3, 0.4) is 0 Å². The molecule has 1 fully saturated rings. The Kier molecular flexibility index (Phi) is 4.49. The smallest absolute Gasteiger partial charge is 0.0368 e. The van der Waals surface area contributed by atoms with E-state index < -0.39 is 0 Å². The number of rotatable bonds is 4. The molecule has 4 N–H and O–H groups in total. The van der Waals surface area contributed by atoms with Crippen molar-refractivity contribution in [3.05, 3.63) is 54.1 Å². The number of nitrogen functional groups attached to an aromatic ring is 2. The van der Waals surface area contributed by atoms with Crippen molar-refractivity contribution in [2.24, 2.45) is 0 Å². The van der Waals surface area contributed by atoms with Gasteiger partial charge in [-0.15, -0.1) is 0 Å². The SMILES string of the molecule is Nc1ccc(CCN2CCN(c3ccc(N)cc3)CC2)cc1. The molecule has 1 heterocycles. The molecule has 0 bridgehead atoms. The second-order valence-corrected chi connectivity index (χ2v) is 5.91. The van der Waals surface area contributed by atoms with Crippen molar-refractivity contribution in [1.29, 1.82) is 0 Å². The van der Waals surface area contributed by atoms with Crippen LogP contribution >= 0.6 is 0 Å². The monoisotopic (exact) mass is 296 g/mol. The van der Waals surface area contributed by atoms with Crippen LogP contribution in [0.2, 0.25) is 0 Å². The van der Waals surface area contributed by atoms with Crippen LogP contribution in [-0.2, 0) is 6.42 Å². The van der Waals surface area contributed by atoms with Gasteiger partial charge in [0.25, 0.3) is 0 Å². The standard InChI is InChI=1S/C18H24N4/c19-16-3-1-15(2-4-16)9-10-21-11-13-22(14-12-21)18-7-5-17(20)6-8-18/h1-8H,9-14,19-20H2. The predicted octanol–water partition coefficient (Wildman–Crippen LogP) is 2.22. The van der Waals surface area contributed by atoms with Gasteiger partial charge in [0.15, 0.2) is 0 Å². The van der Waals surface area contributed by atoms with E-state index in [2.05, 4.69) is 34.1 Å². The number of anilines is 3. The molecule has 0 atom stereocenters. The Labute approximate surface area is 132 Å². The Morgan fingerprint density at radius 1 is 0.727 bits per heavy atom. The third kappa shape index (κ3) is 3.71. The molecule has 22 heavy (non-hydrogen) atoms. The Morgan fingerprint density at radius 2 is 1.27 bits per heavy atom. The molecule has 2 aromatic rings. The van der Waals surface area contributed by atoms with Crippen molar-refractivity contribution < 1.29 is 0 Å². The number of nitrogens with two attached hydrogens (primary N) is 2. The molecule has 0 unspecified atom stereocenters. The molecule has 116 valence electrons. The van der Waals surface area contributed by atoms with Gasteiger partial charge in [0, 0.05) is 49.8 Å². The number of nitrogens with zero attached hydrogens (tertiary/aromatic N) is 2.